The first-order valence-corrected chi connectivity index (χ1v) is 8.53. The maximum atomic E-state index is 12.0. The second-order valence-electron chi connectivity index (χ2n) is 4.70. The third kappa shape index (κ3) is 3.75. The van der Waals surface area contributed by atoms with Crippen molar-refractivity contribution in [2.75, 3.05) is 11.1 Å². The summed E-state index contributed by atoms with van der Waals surface area (Å²) >= 11 is 13.1. The molecule has 0 aliphatic heterocycles. The molecule has 0 saturated heterocycles. The van der Waals surface area contributed by atoms with Crippen LogP contribution in [0.1, 0.15) is 5.76 Å². The topological polar surface area (TPSA) is 81.2 Å². The molecule has 3 rings (SSSR count). The van der Waals surface area contributed by atoms with Crippen LogP contribution in [0.3, 0.4) is 0 Å². The van der Waals surface area contributed by atoms with E-state index in [1.807, 2.05) is 0 Å². The number of rotatable bonds is 5. The number of furan rings is 1. The molecule has 24 heavy (non-hydrogen) atoms. The molecule has 0 aliphatic rings. The fraction of sp³-hybridized carbons (Fsp3) is 0.133. The number of benzene rings is 1. The average molecular weight is 384 g/mol. The summed E-state index contributed by atoms with van der Waals surface area (Å²) in [4.78, 5) is 12.0. The van der Waals surface area contributed by atoms with Crippen LogP contribution in [0.5, 0.6) is 0 Å². The molecule has 124 valence electrons. The summed E-state index contributed by atoms with van der Waals surface area (Å²) < 4.78 is 10.7. The molecule has 0 bridgehead atoms. The van der Waals surface area contributed by atoms with Gasteiger partial charge < -0.3 is 14.2 Å². The Labute approximate surface area is 151 Å². The van der Waals surface area contributed by atoms with Gasteiger partial charge in [-0.05, 0) is 25.1 Å². The van der Waals surface area contributed by atoms with Gasteiger partial charge in [0.2, 0.25) is 5.91 Å². The molecule has 0 fully saturated rings. The molecule has 0 saturated carbocycles. The number of thioether (sulfide) groups is 1. The zero-order valence-electron chi connectivity index (χ0n) is 12.4. The van der Waals surface area contributed by atoms with Crippen LogP contribution in [0.15, 0.2) is 44.6 Å². The minimum atomic E-state index is -0.261. The van der Waals surface area contributed by atoms with Crippen LogP contribution in [0.25, 0.3) is 11.5 Å². The Morgan fingerprint density at radius 3 is 2.88 bits per heavy atom. The Bertz CT molecular complexity index is 878. The molecular formula is C15H11Cl2N3O3S. The number of hydrogen-bond donors (Lipinski definition) is 1. The van der Waals surface area contributed by atoms with E-state index in [-0.39, 0.29) is 16.9 Å². The van der Waals surface area contributed by atoms with E-state index in [2.05, 4.69) is 15.5 Å². The molecule has 0 aliphatic carbocycles. The van der Waals surface area contributed by atoms with Gasteiger partial charge in [-0.2, -0.15) is 0 Å². The Morgan fingerprint density at radius 2 is 2.12 bits per heavy atom. The summed E-state index contributed by atoms with van der Waals surface area (Å²) in [6, 6.07) is 6.76. The number of nitrogens with zero attached hydrogens (tertiary/aromatic N) is 2. The second kappa shape index (κ2) is 7.29. The maximum Gasteiger partial charge on any atom is 0.277 e. The zero-order valence-corrected chi connectivity index (χ0v) is 14.7. The van der Waals surface area contributed by atoms with Crippen molar-refractivity contribution < 1.29 is 13.6 Å². The van der Waals surface area contributed by atoms with Gasteiger partial charge in [0.1, 0.15) is 5.76 Å². The van der Waals surface area contributed by atoms with E-state index in [0.717, 1.165) is 17.3 Å². The highest BCUT2D eigenvalue weighted by molar-refractivity contribution is 7.99. The van der Waals surface area contributed by atoms with Crippen LogP contribution in [-0.2, 0) is 4.79 Å². The predicted octanol–water partition coefficient (Wildman–Crippen LogP) is 4.68. The fourth-order valence-corrected chi connectivity index (χ4v) is 2.81. The molecule has 2 aromatic heterocycles. The number of hydrogen-bond acceptors (Lipinski definition) is 6. The standard InChI is InChI=1S/C15H11Cl2N3O3S/c1-8-9(5-6-22-8)14-19-20-15(23-14)24-7-12(21)18-11-4-2-3-10(16)13(11)17/h2-6H,7H2,1H3,(H,18,21). The highest BCUT2D eigenvalue weighted by Gasteiger charge is 2.15. The van der Waals surface area contributed by atoms with Crippen LogP contribution < -0.4 is 5.32 Å². The van der Waals surface area contributed by atoms with Gasteiger partial charge in [0.15, 0.2) is 0 Å². The van der Waals surface area contributed by atoms with Crippen LogP contribution in [0.2, 0.25) is 10.0 Å². The van der Waals surface area contributed by atoms with Crippen molar-refractivity contribution in [3.8, 4) is 11.5 Å². The normalized spacial score (nSPS) is 10.8. The number of amides is 1. The highest BCUT2D eigenvalue weighted by Crippen LogP contribution is 2.30. The van der Waals surface area contributed by atoms with Crippen LogP contribution in [0, 0.1) is 6.92 Å². The lowest BCUT2D eigenvalue weighted by Gasteiger charge is -2.07. The molecule has 0 spiro atoms. The lowest BCUT2D eigenvalue weighted by molar-refractivity contribution is -0.113. The summed E-state index contributed by atoms with van der Waals surface area (Å²) in [5, 5.41) is 11.5. The second-order valence-corrected chi connectivity index (χ2v) is 6.41. The van der Waals surface area contributed by atoms with Crippen molar-refractivity contribution in [1.29, 1.82) is 0 Å². The number of nitrogens with one attached hydrogen (secondary N) is 1. The van der Waals surface area contributed by atoms with Crippen molar-refractivity contribution in [2.45, 2.75) is 12.1 Å². The number of halogens is 2. The fourth-order valence-electron chi connectivity index (χ4n) is 1.90. The summed E-state index contributed by atoms with van der Waals surface area (Å²) in [6.45, 7) is 1.80. The Balaban J connectivity index is 1.60. The van der Waals surface area contributed by atoms with E-state index in [1.165, 1.54) is 0 Å². The van der Waals surface area contributed by atoms with E-state index >= 15 is 0 Å². The van der Waals surface area contributed by atoms with E-state index in [0.29, 0.717) is 27.4 Å². The van der Waals surface area contributed by atoms with Gasteiger partial charge >= 0.3 is 0 Å². The molecule has 9 heteroatoms. The summed E-state index contributed by atoms with van der Waals surface area (Å²) in [6.07, 6.45) is 1.55. The van der Waals surface area contributed by atoms with E-state index in [4.69, 9.17) is 32.0 Å². The van der Waals surface area contributed by atoms with E-state index in [9.17, 15) is 4.79 Å². The molecule has 0 unspecified atom stereocenters. The summed E-state index contributed by atoms with van der Waals surface area (Å²) in [7, 11) is 0. The number of carbonyl (C=O) groups is 1. The zero-order chi connectivity index (χ0) is 17.1. The van der Waals surface area contributed by atoms with Crippen molar-refractivity contribution in [1.82, 2.24) is 10.2 Å². The van der Waals surface area contributed by atoms with Gasteiger partial charge in [0, 0.05) is 0 Å². The monoisotopic (exact) mass is 383 g/mol. The molecular weight excluding hydrogens is 373 g/mol. The van der Waals surface area contributed by atoms with E-state index < -0.39 is 0 Å². The molecule has 1 amide bonds. The van der Waals surface area contributed by atoms with E-state index in [1.54, 1.807) is 37.5 Å². The first-order chi connectivity index (χ1) is 11.5. The largest absolute Gasteiger partial charge is 0.469 e. The summed E-state index contributed by atoms with van der Waals surface area (Å²) in [5.41, 5.74) is 1.18. The molecule has 0 atom stereocenters. The molecule has 6 nitrogen and oxygen atoms in total. The summed E-state index contributed by atoms with van der Waals surface area (Å²) in [5.74, 6) is 0.864. The van der Waals surface area contributed by atoms with Gasteiger partial charge in [-0.3, -0.25) is 4.79 Å². The highest BCUT2D eigenvalue weighted by atomic mass is 35.5. The Kier molecular flexibility index (Phi) is 5.13. The van der Waals surface area contributed by atoms with Crippen LogP contribution >= 0.6 is 35.0 Å². The van der Waals surface area contributed by atoms with Crippen molar-refractivity contribution in [3.05, 3.63) is 46.3 Å². The SMILES string of the molecule is Cc1occc1-c1nnc(SCC(=O)Nc2cccc(Cl)c2Cl)o1. The first-order valence-electron chi connectivity index (χ1n) is 6.79. The molecule has 1 aromatic carbocycles. The molecule has 2 heterocycles. The quantitative estimate of drug-likeness (QED) is 0.644. The number of aromatic nitrogens is 2. The van der Waals surface area contributed by atoms with Crippen molar-refractivity contribution in [2.24, 2.45) is 0 Å². The smallest absolute Gasteiger partial charge is 0.277 e. The van der Waals surface area contributed by atoms with Gasteiger partial charge in [0.25, 0.3) is 11.1 Å². The minimum Gasteiger partial charge on any atom is -0.469 e. The molecule has 3 aromatic rings. The molecule has 1 N–H and O–H groups in total. The Hall–Kier alpha value is -1.96. The number of carbonyl (C=O) groups excluding carboxylic acids is 1. The maximum absolute atomic E-state index is 12.0. The lowest BCUT2D eigenvalue weighted by atomic mass is 10.3. The van der Waals surface area contributed by atoms with Crippen LogP contribution in [-0.4, -0.2) is 21.9 Å². The Morgan fingerprint density at radius 1 is 1.29 bits per heavy atom. The third-order valence-electron chi connectivity index (χ3n) is 3.05. The van der Waals surface area contributed by atoms with Crippen molar-refractivity contribution in [3.63, 3.8) is 0 Å². The van der Waals surface area contributed by atoms with Gasteiger partial charge in [-0.1, -0.05) is 41.0 Å². The van der Waals surface area contributed by atoms with Crippen LogP contribution in [0.4, 0.5) is 5.69 Å². The van der Waals surface area contributed by atoms with Gasteiger partial charge in [-0.15, -0.1) is 10.2 Å². The average Bonchev–Trinajstić information content (AvgIpc) is 3.18. The first kappa shape index (κ1) is 16.9. The number of aryl methyl sites for hydroxylation is 1. The predicted molar refractivity (Wildman–Crippen MR) is 92.6 cm³/mol. The van der Waals surface area contributed by atoms with Gasteiger partial charge in [0.05, 0.1) is 33.3 Å². The van der Waals surface area contributed by atoms with Gasteiger partial charge in [-0.25, -0.2) is 0 Å². The number of anilines is 1. The minimum absolute atomic E-state index is 0.0921. The lowest BCUT2D eigenvalue weighted by Crippen LogP contribution is -2.14. The third-order valence-corrected chi connectivity index (χ3v) is 4.69. The molecule has 0 radical (unpaired) electrons. The van der Waals surface area contributed by atoms with Crippen molar-refractivity contribution >= 4 is 46.6 Å².